The Morgan fingerprint density at radius 2 is 1.51 bits per heavy atom. The van der Waals surface area contributed by atoms with Crippen molar-refractivity contribution in [1.29, 1.82) is 0 Å². The van der Waals surface area contributed by atoms with Crippen LogP contribution >= 0.6 is 0 Å². The summed E-state index contributed by atoms with van der Waals surface area (Å²) in [7, 11) is 0. The zero-order chi connectivity index (χ0) is 30.2. The molecule has 0 spiro atoms. The molecule has 0 bridgehead atoms. The first-order valence-corrected chi connectivity index (χ1v) is 14.2. The van der Waals surface area contributed by atoms with E-state index in [1.54, 1.807) is 36.4 Å². The number of amides is 2. The fourth-order valence-electron chi connectivity index (χ4n) is 5.43. The molecule has 1 aliphatic rings. The Balaban J connectivity index is 1.14. The molecular weight excluding hydrogens is 544 g/mol. The van der Waals surface area contributed by atoms with Gasteiger partial charge >= 0.3 is 5.97 Å². The summed E-state index contributed by atoms with van der Waals surface area (Å²) < 4.78 is 5.46. The van der Waals surface area contributed by atoms with Gasteiger partial charge in [0.15, 0.2) is 0 Å². The van der Waals surface area contributed by atoms with Crippen LogP contribution in [0.1, 0.15) is 33.1 Å². The summed E-state index contributed by atoms with van der Waals surface area (Å²) in [5, 5.41) is 12.4. The molecule has 0 atom stereocenters. The van der Waals surface area contributed by atoms with Gasteiger partial charge in [0.1, 0.15) is 13.2 Å². The topological polar surface area (TPSA) is 112 Å². The van der Waals surface area contributed by atoms with Gasteiger partial charge < -0.3 is 20.1 Å². The van der Waals surface area contributed by atoms with Crippen LogP contribution in [0.25, 0.3) is 11.1 Å². The maximum atomic E-state index is 12.9. The number of pyridine rings is 1. The number of carbonyl (C=O) groups excluding carboxylic acids is 2. The molecule has 0 aliphatic carbocycles. The Morgan fingerprint density at radius 3 is 2.09 bits per heavy atom. The lowest BCUT2D eigenvalue weighted by Crippen LogP contribution is -2.50. The minimum Gasteiger partial charge on any atom is -0.478 e. The van der Waals surface area contributed by atoms with Crippen LogP contribution in [0.2, 0.25) is 0 Å². The van der Waals surface area contributed by atoms with E-state index in [-0.39, 0.29) is 36.4 Å². The molecular formula is C34H34N4O5. The number of piperazine rings is 1. The molecule has 0 saturated carbocycles. The van der Waals surface area contributed by atoms with E-state index >= 15 is 0 Å². The number of ether oxygens (including phenoxy) is 1. The van der Waals surface area contributed by atoms with Crippen molar-refractivity contribution in [3.63, 3.8) is 0 Å². The van der Waals surface area contributed by atoms with Crippen LogP contribution in [0.4, 0.5) is 5.69 Å². The molecule has 2 amide bonds. The normalized spacial score (nSPS) is 13.6. The van der Waals surface area contributed by atoms with E-state index in [0.29, 0.717) is 37.3 Å². The average Bonchev–Trinajstić information content (AvgIpc) is 3.03. The number of rotatable bonds is 10. The summed E-state index contributed by atoms with van der Waals surface area (Å²) in [6.07, 6.45) is 3.29. The van der Waals surface area contributed by atoms with Gasteiger partial charge in [-0.05, 0) is 47.4 Å². The Hall–Kier alpha value is -4.86. The summed E-state index contributed by atoms with van der Waals surface area (Å²) in [6.45, 7) is 3.62. The van der Waals surface area contributed by atoms with Gasteiger partial charge in [-0.15, -0.1) is 0 Å². The van der Waals surface area contributed by atoms with E-state index in [4.69, 9.17) is 4.74 Å². The summed E-state index contributed by atoms with van der Waals surface area (Å²) in [6, 6.07) is 27.7. The van der Waals surface area contributed by atoms with Gasteiger partial charge in [0.05, 0.1) is 17.3 Å². The van der Waals surface area contributed by atoms with Crippen molar-refractivity contribution in [3.8, 4) is 11.1 Å². The smallest absolute Gasteiger partial charge is 0.337 e. The Bertz CT molecular complexity index is 1520. The summed E-state index contributed by atoms with van der Waals surface area (Å²) in [5.74, 6) is -1.89. The highest BCUT2D eigenvalue weighted by atomic mass is 16.5. The number of benzene rings is 3. The molecule has 0 radical (unpaired) electrons. The SMILES string of the molecule is Cc1cc(-c2cccnc2)cc(C(=O)O)c1NC(=O)COCC(=O)N1CCN(C(c2ccccc2)c2ccccc2)CC1. The van der Waals surface area contributed by atoms with Gasteiger partial charge in [-0.25, -0.2) is 4.79 Å². The van der Waals surface area contributed by atoms with Gasteiger partial charge in [-0.2, -0.15) is 0 Å². The summed E-state index contributed by atoms with van der Waals surface area (Å²) in [5.41, 5.74) is 4.61. The number of hydrogen-bond acceptors (Lipinski definition) is 6. The second-order valence-corrected chi connectivity index (χ2v) is 10.4. The molecule has 3 aromatic carbocycles. The summed E-state index contributed by atoms with van der Waals surface area (Å²) >= 11 is 0. The lowest BCUT2D eigenvalue weighted by Gasteiger charge is -2.39. The van der Waals surface area contributed by atoms with Gasteiger partial charge in [-0.1, -0.05) is 66.7 Å². The summed E-state index contributed by atoms with van der Waals surface area (Å²) in [4.78, 5) is 45.8. The minimum absolute atomic E-state index is 0.0366. The highest BCUT2D eigenvalue weighted by Gasteiger charge is 2.28. The van der Waals surface area contributed by atoms with Crippen LogP contribution in [-0.4, -0.2) is 77.1 Å². The quantitative estimate of drug-likeness (QED) is 0.282. The molecule has 9 nitrogen and oxygen atoms in total. The van der Waals surface area contributed by atoms with Crippen LogP contribution < -0.4 is 5.32 Å². The molecule has 1 fully saturated rings. The monoisotopic (exact) mass is 578 g/mol. The van der Waals surface area contributed by atoms with Gasteiger partial charge in [0.2, 0.25) is 11.8 Å². The highest BCUT2D eigenvalue weighted by molar-refractivity contribution is 6.03. The van der Waals surface area contributed by atoms with E-state index in [2.05, 4.69) is 39.5 Å². The lowest BCUT2D eigenvalue weighted by molar-refractivity contribution is -0.139. The van der Waals surface area contributed by atoms with Crippen molar-refractivity contribution in [2.24, 2.45) is 0 Å². The molecule has 43 heavy (non-hydrogen) atoms. The van der Waals surface area contributed by atoms with Crippen molar-refractivity contribution in [1.82, 2.24) is 14.8 Å². The second kappa shape index (κ2) is 13.9. The van der Waals surface area contributed by atoms with Crippen LogP contribution in [0.3, 0.4) is 0 Å². The van der Waals surface area contributed by atoms with Gasteiger partial charge in [0, 0.05) is 44.1 Å². The number of aromatic nitrogens is 1. The van der Waals surface area contributed by atoms with E-state index in [1.165, 1.54) is 17.2 Å². The zero-order valence-electron chi connectivity index (χ0n) is 24.0. The first-order chi connectivity index (χ1) is 20.9. The highest BCUT2D eigenvalue weighted by Crippen LogP contribution is 2.30. The molecule has 2 heterocycles. The van der Waals surface area contributed by atoms with E-state index in [0.717, 1.165) is 5.56 Å². The number of aryl methyl sites for hydroxylation is 1. The number of carboxylic acid groups (broad SMARTS) is 1. The Morgan fingerprint density at radius 1 is 0.860 bits per heavy atom. The van der Waals surface area contributed by atoms with Crippen molar-refractivity contribution in [2.45, 2.75) is 13.0 Å². The van der Waals surface area contributed by atoms with E-state index < -0.39 is 11.9 Å². The van der Waals surface area contributed by atoms with Crippen molar-refractivity contribution < 1.29 is 24.2 Å². The van der Waals surface area contributed by atoms with Gasteiger partial charge in [0.25, 0.3) is 0 Å². The largest absolute Gasteiger partial charge is 0.478 e. The number of carbonyl (C=O) groups is 3. The van der Waals surface area contributed by atoms with Crippen LogP contribution in [-0.2, 0) is 14.3 Å². The number of nitrogens with zero attached hydrogens (tertiary/aromatic N) is 3. The molecule has 5 rings (SSSR count). The fraction of sp³-hybridized carbons (Fsp3) is 0.235. The molecule has 4 aromatic rings. The van der Waals surface area contributed by atoms with Crippen molar-refractivity contribution >= 4 is 23.5 Å². The van der Waals surface area contributed by atoms with Crippen molar-refractivity contribution in [3.05, 3.63) is 120 Å². The van der Waals surface area contributed by atoms with E-state index in [1.807, 2.05) is 42.5 Å². The maximum absolute atomic E-state index is 12.9. The molecule has 220 valence electrons. The first kappa shape index (κ1) is 29.6. The predicted molar refractivity (Wildman–Crippen MR) is 164 cm³/mol. The number of hydrogen-bond donors (Lipinski definition) is 2. The Kier molecular flexibility index (Phi) is 9.56. The molecule has 0 unspecified atom stereocenters. The molecule has 2 N–H and O–H groups in total. The molecule has 1 aromatic heterocycles. The maximum Gasteiger partial charge on any atom is 0.337 e. The average molecular weight is 579 g/mol. The standard InChI is InChI=1S/C34H34N4O5/c1-24-19-28(27-13-8-14-35-21-27)20-29(34(41)42)32(24)36-30(39)22-43-23-31(40)37-15-17-38(18-16-37)33(25-9-4-2-5-10-25)26-11-6-3-7-12-26/h2-14,19-21,33H,15-18,22-23H2,1H3,(H,36,39)(H,41,42). The number of carboxylic acids is 1. The first-order valence-electron chi connectivity index (χ1n) is 14.2. The van der Waals surface area contributed by atoms with Gasteiger partial charge in [-0.3, -0.25) is 19.5 Å². The predicted octanol–water partition coefficient (Wildman–Crippen LogP) is 4.64. The Labute approximate surface area is 250 Å². The minimum atomic E-state index is -1.17. The number of anilines is 1. The third-order valence-corrected chi connectivity index (χ3v) is 7.55. The third-order valence-electron chi connectivity index (χ3n) is 7.55. The lowest BCUT2D eigenvalue weighted by atomic mass is 9.96. The fourth-order valence-corrected chi connectivity index (χ4v) is 5.43. The number of aromatic carboxylic acids is 1. The number of nitrogens with one attached hydrogen (secondary N) is 1. The third kappa shape index (κ3) is 7.32. The van der Waals surface area contributed by atoms with E-state index in [9.17, 15) is 19.5 Å². The molecule has 1 aliphatic heterocycles. The zero-order valence-corrected chi connectivity index (χ0v) is 24.0. The molecule has 1 saturated heterocycles. The second-order valence-electron chi connectivity index (χ2n) is 10.4. The van der Waals surface area contributed by atoms with Crippen molar-refractivity contribution in [2.75, 3.05) is 44.7 Å². The van der Waals surface area contributed by atoms with Crippen LogP contribution in [0.5, 0.6) is 0 Å². The molecule has 9 heteroatoms. The van der Waals surface area contributed by atoms with Crippen LogP contribution in [0.15, 0.2) is 97.3 Å². The van der Waals surface area contributed by atoms with Crippen LogP contribution in [0, 0.1) is 6.92 Å².